The summed E-state index contributed by atoms with van der Waals surface area (Å²) in [6, 6.07) is 3.96. The highest BCUT2D eigenvalue weighted by atomic mass is 16.6. The number of hydrogen-bond acceptors (Lipinski definition) is 5. The third-order valence-corrected chi connectivity index (χ3v) is 3.72. The van der Waals surface area contributed by atoms with E-state index < -0.39 is 22.7 Å². The van der Waals surface area contributed by atoms with Gasteiger partial charge in [0.1, 0.15) is 5.60 Å². The Morgan fingerprint density at radius 1 is 1.39 bits per heavy atom. The third-order valence-electron chi connectivity index (χ3n) is 3.72. The Balaban J connectivity index is 2.38. The van der Waals surface area contributed by atoms with Crippen molar-refractivity contribution in [1.82, 2.24) is 4.90 Å². The van der Waals surface area contributed by atoms with Gasteiger partial charge >= 0.3 is 11.8 Å². The van der Waals surface area contributed by atoms with Crippen molar-refractivity contribution in [3.8, 4) is 5.75 Å². The Labute approximate surface area is 135 Å². The van der Waals surface area contributed by atoms with Crippen molar-refractivity contribution in [1.29, 1.82) is 0 Å². The number of nitro benzene ring substituents is 1. The van der Waals surface area contributed by atoms with E-state index >= 15 is 0 Å². The number of phenolic OH excluding ortho intramolecular Hbond substituents is 1. The van der Waals surface area contributed by atoms with Gasteiger partial charge in [0.05, 0.1) is 16.5 Å². The molecule has 2 rings (SSSR count). The molecule has 1 atom stereocenters. The molecule has 1 aliphatic rings. The smallest absolute Gasteiger partial charge is 0.410 e. The van der Waals surface area contributed by atoms with Gasteiger partial charge in [0.15, 0.2) is 5.75 Å². The van der Waals surface area contributed by atoms with Crippen molar-refractivity contribution in [2.45, 2.75) is 51.7 Å². The molecule has 1 aromatic rings. The van der Waals surface area contributed by atoms with Gasteiger partial charge in [-0.25, -0.2) is 4.79 Å². The number of phenols is 1. The summed E-state index contributed by atoms with van der Waals surface area (Å²) in [5.74, 6) is -0.387. The monoisotopic (exact) mass is 322 g/mol. The molecule has 1 aromatic carbocycles. The maximum Gasteiger partial charge on any atom is 0.410 e. The molecular weight excluding hydrogens is 300 g/mol. The van der Waals surface area contributed by atoms with Crippen molar-refractivity contribution < 1.29 is 19.6 Å². The zero-order valence-electron chi connectivity index (χ0n) is 13.6. The van der Waals surface area contributed by atoms with Crippen LogP contribution in [0.15, 0.2) is 18.2 Å². The van der Waals surface area contributed by atoms with Gasteiger partial charge in [-0.3, -0.25) is 10.1 Å². The third kappa shape index (κ3) is 3.91. The average Bonchev–Trinajstić information content (AvgIpc) is 2.44. The summed E-state index contributed by atoms with van der Waals surface area (Å²) in [7, 11) is 0. The maximum atomic E-state index is 12.4. The lowest BCUT2D eigenvalue weighted by Gasteiger charge is -2.36. The Bertz CT molecular complexity index is 609. The van der Waals surface area contributed by atoms with Crippen LogP contribution in [0.2, 0.25) is 0 Å². The lowest BCUT2D eigenvalue weighted by atomic mass is 9.94. The number of aromatic hydroxyl groups is 1. The minimum Gasteiger partial charge on any atom is -0.502 e. The fourth-order valence-electron chi connectivity index (χ4n) is 2.81. The summed E-state index contributed by atoms with van der Waals surface area (Å²) >= 11 is 0. The number of nitro groups is 1. The highest BCUT2D eigenvalue weighted by Gasteiger charge is 2.36. The molecule has 0 saturated carbocycles. The SMILES string of the molecule is CC(C)(C)OC(=O)N1CCCCC1c1cccc(O)c1[N+](=O)[O-]. The van der Waals surface area contributed by atoms with Gasteiger partial charge < -0.3 is 14.7 Å². The molecule has 7 nitrogen and oxygen atoms in total. The second-order valence-electron chi connectivity index (χ2n) is 6.66. The van der Waals surface area contributed by atoms with Crippen molar-refractivity contribution >= 4 is 11.8 Å². The van der Waals surface area contributed by atoms with Gasteiger partial charge in [0, 0.05) is 6.54 Å². The predicted molar refractivity (Wildman–Crippen MR) is 84.3 cm³/mol. The van der Waals surface area contributed by atoms with Crippen LogP contribution < -0.4 is 0 Å². The fourth-order valence-corrected chi connectivity index (χ4v) is 2.81. The largest absolute Gasteiger partial charge is 0.502 e. The van der Waals surface area contributed by atoms with Gasteiger partial charge in [-0.15, -0.1) is 0 Å². The van der Waals surface area contributed by atoms with Gasteiger partial charge in [-0.2, -0.15) is 0 Å². The Kier molecular flexibility index (Phi) is 4.77. The van der Waals surface area contributed by atoms with Crippen LogP contribution in [0.25, 0.3) is 0 Å². The van der Waals surface area contributed by atoms with Gasteiger partial charge in [0.25, 0.3) is 0 Å². The molecule has 23 heavy (non-hydrogen) atoms. The summed E-state index contributed by atoms with van der Waals surface area (Å²) in [5.41, 5.74) is -0.627. The molecule has 1 aliphatic heterocycles. The highest BCUT2D eigenvalue weighted by molar-refractivity contribution is 5.70. The molecule has 1 heterocycles. The summed E-state index contributed by atoms with van der Waals surface area (Å²) < 4.78 is 5.41. The minimum atomic E-state index is -0.635. The summed E-state index contributed by atoms with van der Waals surface area (Å²) in [5, 5.41) is 21.1. The Morgan fingerprint density at radius 2 is 2.09 bits per heavy atom. The van der Waals surface area contributed by atoms with Gasteiger partial charge in [0.2, 0.25) is 0 Å². The lowest BCUT2D eigenvalue weighted by Crippen LogP contribution is -2.42. The maximum absolute atomic E-state index is 12.4. The summed E-state index contributed by atoms with van der Waals surface area (Å²) in [4.78, 5) is 24.7. The zero-order valence-corrected chi connectivity index (χ0v) is 13.6. The quantitative estimate of drug-likeness (QED) is 0.661. The predicted octanol–water partition coefficient (Wildman–Crippen LogP) is 3.76. The molecule has 0 spiro atoms. The standard InChI is InChI=1S/C16H22N2O5/c1-16(2,3)23-15(20)17-10-5-4-8-12(17)11-7-6-9-13(19)14(11)18(21)22/h6-7,9,12,19H,4-5,8,10H2,1-3H3. The Hall–Kier alpha value is -2.31. The molecule has 0 radical (unpaired) electrons. The molecular formula is C16H22N2O5. The number of carbonyl (C=O) groups is 1. The number of benzene rings is 1. The number of amides is 1. The van der Waals surface area contributed by atoms with E-state index in [0.29, 0.717) is 18.5 Å². The first-order valence-electron chi connectivity index (χ1n) is 7.66. The van der Waals surface area contributed by atoms with Crippen LogP contribution in [-0.2, 0) is 4.74 Å². The van der Waals surface area contributed by atoms with E-state index in [1.165, 1.54) is 11.0 Å². The molecule has 0 aromatic heterocycles. The molecule has 1 saturated heterocycles. The first-order chi connectivity index (χ1) is 10.7. The molecule has 1 amide bonds. The van der Waals surface area contributed by atoms with E-state index in [4.69, 9.17) is 4.74 Å². The topological polar surface area (TPSA) is 92.9 Å². The molecule has 0 bridgehead atoms. The fraction of sp³-hybridized carbons (Fsp3) is 0.562. The van der Waals surface area contributed by atoms with Crippen molar-refractivity contribution in [3.05, 3.63) is 33.9 Å². The van der Waals surface area contributed by atoms with E-state index in [0.717, 1.165) is 12.8 Å². The number of para-hydroxylation sites is 1. The number of likely N-dealkylation sites (tertiary alicyclic amines) is 1. The van der Waals surface area contributed by atoms with Crippen molar-refractivity contribution in [2.75, 3.05) is 6.54 Å². The van der Waals surface area contributed by atoms with Crippen LogP contribution >= 0.6 is 0 Å². The number of ether oxygens (including phenoxy) is 1. The number of hydrogen-bond donors (Lipinski definition) is 1. The first-order valence-corrected chi connectivity index (χ1v) is 7.66. The number of rotatable bonds is 2. The molecule has 1 N–H and O–H groups in total. The molecule has 1 fully saturated rings. The van der Waals surface area contributed by atoms with E-state index in [-0.39, 0.29) is 11.4 Å². The van der Waals surface area contributed by atoms with Crippen molar-refractivity contribution in [3.63, 3.8) is 0 Å². The second kappa shape index (κ2) is 6.44. The van der Waals surface area contributed by atoms with Crippen molar-refractivity contribution in [2.24, 2.45) is 0 Å². The highest BCUT2D eigenvalue weighted by Crippen LogP contribution is 2.40. The van der Waals surface area contributed by atoms with E-state index in [9.17, 15) is 20.0 Å². The minimum absolute atomic E-state index is 0.340. The van der Waals surface area contributed by atoms with Crippen LogP contribution in [0.4, 0.5) is 10.5 Å². The van der Waals surface area contributed by atoms with E-state index in [1.54, 1.807) is 32.9 Å². The van der Waals surface area contributed by atoms with E-state index in [2.05, 4.69) is 0 Å². The Morgan fingerprint density at radius 3 is 2.70 bits per heavy atom. The van der Waals surface area contributed by atoms with E-state index in [1.807, 2.05) is 0 Å². The van der Waals surface area contributed by atoms with Crippen LogP contribution in [-0.4, -0.2) is 33.2 Å². The molecule has 0 aliphatic carbocycles. The molecule has 7 heteroatoms. The number of nitrogens with zero attached hydrogens (tertiary/aromatic N) is 2. The zero-order chi connectivity index (χ0) is 17.2. The summed E-state index contributed by atoms with van der Waals surface area (Å²) in [6.45, 7) is 5.81. The lowest BCUT2D eigenvalue weighted by molar-refractivity contribution is -0.387. The van der Waals surface area contributed by atoms with Crippen LogP contribution in [0.3, 0.4) is 0 Å². The number of piperidine rings is 1. The first kappa shape index (κ1) is 17.1. The van der Waals surface area contributed by atoms with Gasteiger partial charge in [-0.05, 0) is 52.2 Å². The van der Waals surface area contributed by atoms with Crippen LogP contribution in [0.1, 0.15) is 51.6 Å². The second-order valence-corrected chi connectivity index (χ2v) is 6.66. The molecule has 126 valence electrons. The van der Waals surface area contributed by atoms with Gasteiger partial charge in [-0.1, -0.05) is 6.07 Å². The average molecular weight is 322 g/mol. The van der Waals surface area contributed by atoms with Crippen LogP contribution in [0, 0.1) is 10.1 Å². The normalized spacial score (nSPS) is 18.6. The summed E-state index contributed by atoms with van der Waals surface area (Å²) in [6.07, 6.45) is 1.79. The number of carbonyl (C=O) groups excluding carboxylic acids is 1. The molecule has 1 unspecified atom stereocenters. The van der Waals surface area contributed by atoms with Crippen LogP contribution in [0.5, 0.6) is 5.75 Å².